The predicted molar refractivity (Wildman–Crippen MR) is 57.0 cm³/mol. The molecular formula is C10H10F2N2O2S. The van der Waals surface area contributed by atoms with Gasteiger partial charge >= 0.3 is 0 Å². The summed E-state index contributed by atoms with van der Waals surface area (Å²) < 4.78 is 48.6. The summed E-state index contributed by atoms with van der Waals surface area (Å²) in [4.78, 5) is -0.259. The van der Waals surface area contributed by atoms with Crippen molar-refractivity contribution in [3.05, 3.63) is 29.8 Å². The molecule has 1 rings (SSSR count). The molecule has 0 N–H and O–H groups in total. The number of alkyl halides is 2. The summed E-state index contributed by atoms with van der Waals surface area (Å²) in [5.41, 5.74) is -0.0615. The summed E-state index contributed by atoms with van der Waals surface area (Å²) in [5.74, 6) is 0. The number of hydrogen-bond donors (Lipinski definition) is 0. The van der Waals surface area contributed by atoms with Crippen LogP contribution < -0.4 is 0 Å². The highest BCUT2D eigenvalue weighted by Crippen LogP contribution is 2.19. The van der Waals surface area contributed by atoms with Crippen molar-refractivity contribution in [2.75, 3.05) is 13.6 Å². The van der Waals surface area contributed by atoms with E-state index in [4.69, 9.17) is 5.26 Å². The van der Waals surface area contributed by atoms with E-state index < -0.39 is 23.0 Å². The standard InChI is InChI=1S/C10H10F2N2O2S/c1-14(7-10(11)12)17(15,16)9-5-3-2-4-8(9)6-13/h2-5,10H,7H2,1H3. The summed E-state index contributed by atoms with van der Waals surface area (Å²) in [7, 11) is -2.99. The lowest BCUT2D eigenvalue weighted by Crippen LogP contribution is -2.31. The largest absolute Gasteiger partial charge is 0.252 e. The number of nitriles is 1. The van der Waals surface area contributed by atoms with E-state index in [1.807, 2.05) is 0 Å². The summed E-state index contributed by atoms with van der Waals surface area (Å²) >= 11 is 0. The van der Waals surface area contributed by atoms with Gasteiger partial charge in [0, 0.05) is 7.05 Å². The van der Waals surface area contributed by atoms with Gasteiger partial charge in [-0.05, 0) is 12.1 Å². The molecule has 0 aliphatic heterocycles. The Balaban J connectivity index is 3.18. The smallest absolute Gasteiger partial charge is 0.209 e. The second-order valence-corrected chi connectivity index (χ2v) is 5.30. The summed E-state index contributed by atoms with van der Waals surface area (Å²) in [5, 5.41) is 8.76. The molecule has 1 aromatic carbocycles. The minimum absolute atomic E-state index is 0.0615. The van der Waals surface area contributed by atoms with Crippen LogP contribution >= 0.6 is 0 Å². The van der Waals surface area contributed by atoms with Crippen molar-refractivity contribution in [2.24, 2.45) is 0 Å². The van der Waals surface area contributed by atoms with E-state index in [1.54, 1.807) is 6.07 Å². The molecule has 0 spiro atoms. The summed E-state index contributed by atoms with van der Waals surface area (Å²) in [6, 6.07) is 7.20. The van der Waals surface area contributed by atoms with Gasteiger partial charge in [-0.3, -0.25) is 0 Å². The molecule has 0 fully saturated rings. The predicted octanol–water partition coefficient (Wildman–Crippen LogP) is 1.44. The Morgan fingerprint density at radius 1 is 1.41 bits per heavy atom. The van der Waals surface area contributed by atoms with Crippen molar-refractivity contribution in [1.82, 2.24) is 4.31 Å². The number of benzene rings is 1. The van der Waals surface area contributed by atoms with Crippen LogP contribution in [0.5, 0.6) is 0 Å². The monoisotopic (exact) mass is 260 g/mol. The Morgan fingerprint density at radius 2 is 2.00 bits per heavy atom. The Bertz CT molecular complexity index is 537. The van der Waals surface area contributed by atoms with Crippen LogP contribution in [0.4, 0.5) is 8.78 Å². The second-order valence-electron chi connectivity index (χ2n) is 3.28. The molecule has 0 bridgehead atoms. The zero-order valence-electron chi connectivity index (χ0n) is 8.97. The van der Waals surface area contributed by atoms with E-state index in [1.165, 1.54) is 24.3 Å². The highest BCUT2D eigenvalue weighted by atomic mass is 32.2. The summed E-state index contributed by atoms with van der Waals surface area (Å²) in [6.07, 6.45) is -2.76. The van der Waals surface area contributed by atoms with Crippen molar-refractivity contribution in [3.63, 3.8) is 0 Å². The molecule has 0 aromatic heterocycles. The van der Waals surface area contributed by atoms with Crippen molar-refractivity contribution in [3.8, 4) is 6.07 Å². The van der Waals surface area contributed by atoms with Crippen LogP contribution in [-0.4, -0.2) is 32.7 Å². The van der Waals surface area contributed by atoms with Crippen LogP contribution in [-0.2, 0) is 10.0 Å². The lowest BCUT2D eigenvalue weighted by Gasteiger charge is -2.17. The molecule has 0 aliphatic carbocycles. The molecule has 0 saturated heterocycles. The summed E-state index contributed by atoms with van der Waals surface area (Å²) in [6.45, 7) is -0.901. The fraction of sp³-hybridized carbons (Fsp3) is 0.300. The van der Waals surface area contributed by atoms with Gasteiger partial charge in [0.2, 0.25) is 10.0 Å². The van der Waals surface area contributed by atoms with E-state index >= 15 is 0 Å². The average Bonchev–Trinajstić information content (AvgIpc) is 2.28. The van der Waals surface area contributed by atoms with Crippen LogP contribution in [0.3, 0.4) is 0 Å². The maximum atomic E-state index is 12.1. The van der Waals surface area contributed by atoms with E-state index in [9.17, 15) is 17.2 Å². The number of sulfonamides is 1. The maximum absolute atomic E-state index is 12.1. The first-order chi connectivity index (χ1) is 7.89. The Morgan fingerprint density at radius 3 is 2.53 bits per heavy atom. The zero-order valence-corrected chi connectivity index (χ0v) is 9.79. The minimum atomic E-state index is -4.05. The zero-order chi connectivity index (χ0) is 13.1. The fourth-order valence-electron chi connectivity index (χ4n) is 1.24. The second kappa shape index (κ2) is 5.21. The lowest BCUT2D eigenvalue weighted by atomic mass is 10.2. The van der Waals surface area contributed by atoms with Gasteiger partial charge in [-0.15, -0.1) is 0 Å². The van der Waals surface area contributed by atoms with Gasteiger partial charge in [0.1, 0.15) is 6.07 Å². The topological polar surface area (TPSA) is 61.2 Å². The molecule has 1 aromatic rings. The molecule has 0 atom stereocenters. The van der Waals surface area contributed by atoms with Crippen molar-refractivity contribution < 1.29 is 17.2 Å². The highest BCUT2D eigenvalue weighted by molar-refractivity contribution is 7.89. The van der Waals surface area contributed by atoms with Crippen LogP contribution in [0.2, 0.25) is 0 Å². The van der Waals surface area contributed by atoms with Gasteiger partial charge in [-0.25, -0.2) is 17.2 Å². The van der Waals surface area contributed by atoms with E-state index in [0.717, 1.165) is 7.05 Å². The van der Waals surface area contributed by atoms with Crippen molar-refractivity contribution in [1.29, 1.82) is 5.26 Å². The maximum Gasteiger partial charge on any atom is 0.252 e. The molecule has 0 unspecified atom stereocenters. The Labute approximate surface area is 98.1 Å². The number of halogens is 2. The third kappa shape index (κ3) is 2.99. The van der Waals surface area contributed by atoms with E-state index in [-0.39, 0.29) is 10.5 Å². The van der Waals surface area contributed by atoms with Crippen molar-refractivity contribution in [2.45, 2.75) is 11.3 Å². The van der Waals surface area contributed by atoms with Crippen LogP contribution in [0.15, 0.2) is 29.2 Å². The first-order valence-corrected chi connectivity index (χ1v) is 6.07. The van der Waals surface area contributed by atoms with Gasteiger partial charge in [-0.2, -0.15) is 9.57 Å². The average molecular weight is 260 g/mol. The Hall–Kier alpha value is -1.52. The van der Waals surface area contributed by atoms with Crippen LogP contribution in [0.25, 0.3) is 0 Å². The fourth-order valence-corrected chi connectivity index (χ4v) is 2.53. The molecule has 0 radical (unpaired) electrons. The van der Waals surface area contributed by atoms with Crippen LogP contribution in [0, 0.1) is 11.3 Å². The van der Waals surface area contributed by atoms with E-state index in [2.05, 4.69) is 0 Å². The lowest BCUT2D eigenvalue weighted by molar-refractivity contribution is 0.126. The number of nitrogens with zero attached hydrogens (tertiary/aromatic N) is 2. The van der Waals surface area contributed by atoms with Gasteiger partial charge < -0.3 is 0 Å². The molecule has 7 heteroatoms. The van der Waals surface area contributed by atoms with Crippen LogP contribution in [0.1, 0.15) is 5.56 Å². The molecule has 0 heterocycles. The molecule has 0 saturated carbocycles. The first kappa shape index (κ1) is 13.5. The Kier molecular flexibility index (Phi) is 4.15. The third-order valence-electron chi connectivity index (χ3n) is 2.09. The highest BCUT2D eigenvalue weighted by Gasteiger charge is 2.25. The van der Waals surface area contributed by atoms with Gasteiger partial charge in [0.25, 0.3) is 6.43 Å². The van der Waals surface area contributed by atoms with E-state index in [0.29, 0.717) is 4.31 Å². The molecule has 0 amide bonds. The number of rotatable bonds is 4. The quantitative estimate of drug-likeness (QED) is 0.823. The van der Waals surface area contributed by atoms with Crippen molar-refractivity contribution >= 4 is 10.0 Å². The molecule has 17 heavy (non-hydrogen) atoms. The molecule has 92 valence electrons. The minimum Gasteiger partial charge on any atom is -0.209 e. The first-order valence-electron chi connectivity index (χ1n) is 4.63. The molecule has 0 aliphatic rings. The SMILES string of the molecule is CN(CC(F)F)S(=O)(=O)c1ccccc1C#N. The molecule has 4 nitrogen and oxygen atoms in total. The van der Waals surface area contributed by atoms with Gasteiger partial charge in [-0.1, -0.05) is 12.1 Å². The van der Waals surface area contributed by atoms with Gasteiger partial charge in [0.05, 0.1) is 17.0 Å². The molecular weight excluding hydrogens is 250 g/mol. The third-order valence-corrected chi connectivity index (χ3v) is 3.97. The number of hydrogen-bond acceptors (Lipinski definition) is 3. The normalized spacial score (nSPS) is 11.8. The van der Waals surface area contributed by atoms with Gasteiger partial charge in [0.15, 0.2) is 0 Å².